The molecular formula is C26H43NO7. The molecule has 4 unspecified atom stereocenters. The van der Waals surface area contributed by atoms with Crippen LogP contribution < -0.4 is 0 Å². The van der Waals surface area contributed by atoms with Gasteiger partial charge in [-0.2, -0.15) is 0 Å². The van der Waals surface area contributed by atoms with E-state index in [2.05, 4.69) is 11.8 Å². The summed E-state index contributed by atoms with van der Waals surface area (Å²) in [6.07, 6.45) is 2.30. The van der Waals surface area contributed by atoms with Gasteiger partial charge in [0.2, 0.25) is 0 Å². The van der Waals surface area contributed by atoms with Crippen LogP contribution in [-0.4, -0.2) is 112 Å². The number of likely N-dealkylation sites (N-methyl/N-ethyl adjacent to an activating group) is 1. The van der Waals surface area contributed by atoms with Gasteiger partial charge in [0.25, 0.3) is 0 Å². The lowest BCUT2D eigenvalue weighted by atomic mass is 9.42. The lowest BCUT2D eigenvalue weighted by Gasteiger charge is -2.70. The number of fused-ring (bicyclic) bond motifs is 2. The van der Waals surface area contributed by atoms with E-state index in [0.29, 0.717) is 13.0 Å². The number of aliphatic hydroxyl groups is 2. The van der Waals surface area contributed by atoms with Crippen molar-refractivity contribution >= 4 is 0 Å². The molecule has 5 saturated carbocycles. The smallest absolute Gasteiger partial charge is 0.136 e. The van der Waals surface area contributed by atoms with E-state index >= 15 is 0 Å². The highest BCUT2D eigenvalue weighted by Crippen LogP contribution is 2.80. The van der Waals surface area contributed by atoms with Crippen LogP contribution in [0.5, 0.6) is 0 Å². The van der Waals surface area contributed by atoms with Gasteiger partial charge in [0.05, 0.1) is 37.1 Å². The number of likely N-dealkylation sites (tertiary alicyclic amines) is 1. The first kappa shape index (κ1) is 24.0. The molecule has 1 saturated heterocycles. The van der Waals surface area contributed by atoms with E-state index in [9.17, 15) is 10.2 Å². The summed E-state index contributed by atoms with van der Waals surface area (Å²) >= 11 is 0. The van der Waals surface area contributed by atoms with Crippen molar-refractivity contribution in [2.24, 2.45) is 34.5 Å². The Morgan fingerprint density at radius 1 is 1.00 bits per heavy atom. The number of piperidine rings is 1. The lowest BCUT2D eigenvalue weighted by molar-refractivity contribution is -0.320. The molecule has 0 aromatic rings. The zero-order valence-electron chi connectivity index (χ0n) is 21.5. The van der Waals surface area contributed by atoms with Gasteiger partial charge < -0.3 is 33.9 Å². The number of nitrogens with zero attached hydrogens (tertiary/aromatic N) is 1. The van der Waals surface area contributed by atoms with Crippen molar-refractivity contribution < 1.29 is 33.9 Å². The summed E-state index contributed by atoms with van der Waals surface area (Å²) in [5.41, 5.74) is -3.38. The molecule has 0 aromatic carbocycles. The maximum absolute atomic E-state index is 13.1. The molecule has 1 spiro atoms. The van der Waals surface area contributed by atoms with E-state index in [4.69, 9.17) is 23.7 Å². The number of methoxy groups -OCH3 is 5. The van der Waals surface area contributed by atoms with E-state index in [1.807, 2.05) is 7.11 Å². The second-order valence-electron chi connectivity index (χ2n) is 12.1. The summed E-state index contributed by atoms with van der Waals surface area (Å²) < 4.78 is 30.7. The molecule has 13 atom stereocenters. The topological polar surface area (TPSA) is 89.9 Å². The van der Waals surface area contributed by atoms with Crippen LogP contribution in [-0.2, 0) is 23.7 Å². The summed E-state index contributed by atoms with van der Waals surface area (Å²) in [5.74, 6) is 0.165. The zero-order chi connectivity index (χ0) is 24.3. The summed E-state index contributed by atoms with van der Waals surface area (Å²) in [6, 6.07) is -0.256. The van der Waals surface area contributed by atoms with Crippen molar-refractivity contribution in [2.75, 3.05) is 55.2 Å². The molecule has 6 fully saturated rings. The van der Waals surface area contributed by atoms with Gasteiger partial charge in [-0.15, -0.1) is 0 Å². The van der Waals surface area contributed by atoms with Crippen LogP contribution in [0.25, 0.3) is 0 Å². The second-order valence-corrected chi connectivity index (χ2v) is 12.1. The standard InChI is InChI=1S/C26H43NO7/c1-7-27-12-23(13-30-2)9-8-17(32-4)25-15-10-14-16(31-3)11-24(28,18(15)19(14)33-5)26(29,22(25)27)21(34-6)20(23)25/h14-22,28-29H,7-13H2,1-6H3/t14?,15?,16-,17-,18?,19-,20+,21-,22?,23-,24+,25-,26-/m0/s1. The van der Waals surface area contributed by atoms with Crippen LogP contribution in [0.3, 0.4) is 0 Å². The van der Waals surface area contributed by atoms with Gasteiger partial charge >= 0.3 is 0 Å². The quantitative estimate of drug-likeness (QED) is 0.555. The van der Waals surface area contributed by atoms with Crippen molar-refractivity contribution in [3.63, 3.8) is 0 Å². The van der Waals surface area contributed by atoms with E-state index in [1.165, 1.54) is 0 Å². The van der Waals surface area contributed by atoms with Gasteiger partial charge in [0.1, 0.15) is 11.2 Å². The fraction of sp³-hybridized carbons (Fsp3) is 1.00. The molecular weight excluding hydrogens is 438 g/mol. The van der Waals surface area contributed by atoms with Crippen molar-refractivity contribution in [1.29, 1.82) is 0 Å². The third-order valence-electron chi connectivity index (χ3n) is 11.7. The fourth-order valence-corrected chi connectivity index (χ4v) is 11.3. The highest BCUT2D eigenvalue weighted by atomic mass is 16.5. The second kappa shape index (κ2) is 7.60. The molecule has 1 heterocycles. The molecule has 6 rings (SSSR count). The van der Waals surface area contributed by atoms with E-state index in [0.717, 1.165) is 32.4 Å². The van der Waals surface area contributed by atoms with Crippen LogP contribution in [0.15, 0.2) is 0 Å². The van der Waals surface area contributed by atoms with Crippen LogP contribution in [0.2, 0.25) is 0 Å². The minimum atomic E-state index is -1.47. The first-order chi connectivity index (χ1) is 16.3. The van der Waals surface area contributed by atoms with Crippen molar-refractivity contribution in [3.8, 4) is 0 Å². The first-order valence-corrected chi connectivity index (χ1v) is 13.1. The summed E-state index contributed by atoms with van der Waals surface area (Å²) in [4.78, 5) is 2.43. The minimum absolute atomic E-state index is 0.0262. The fourth-order valence-electron chi connectivity index (χ4n) is 11.3. The molecule has 34 heavy (non-hydrogen) atoms. The maximum Gasteiger partial charge on any atom is 0.136 e. The van der Waals surface area contributed by atoms with Gasteiger partial charge in [-0.05, 0) is 31.7 Å². The predicted octanol–water partition coefficient (Wildman–Crippen LogP) is 0.925. The van der Waals surface area contributed by atoms with Crippen LogP contribution in [0, 0.1) is 34.5 Å². The van der Waals surface area contributed by atoms with Gasteiger partial charge in [-0.25, -0.2) is 0 Å². The van der Waals surface area contributed by atoms with Gasteiger partial charge in [0, 0.05) is 77.1 Å². The molecule has 6 aliphatic rings. The van der Waals surface area contributed by atoms with Crippen LogP contribution in [0.1, 0.15) is 32.6 Å². The van der Waals surface area contributed by atoms with Crippen LogP contribution in [0.4, 0.5) is 0 Å². The van der Waals surface area contributed by atoms with E-state index in [-0.39, 0.29) is 58.9 Å². The van der Waals surface area contributed by atoms with E-state index in [1.54, 1.807) is 28.4 Å². The Hall–Kier alpha value is -0.320. The molecule has 8 heteroatoms. The largest absolute Gasteiger partial charge is 0.386 e. The number of rotatable bonds is 7. The number of ether oxygens (including phenoxy) is 5. The average Bonchev–Trinajstić information content (AvgIpc) is 3.25. The molecule has 2 N–H and O–H groups in total. The third kappa shape index (κ3) is 2.27. The molecule has 5 aliphatic carbocycles. The Morgan fingerprint density at radius 2 is 1.76 bits per heavy atom. The summed E-state index contributed by atoms with van der Waals surface area (Å²) in [7, 11) is 8.77. The normalized spacial score (nSPS) is 59.5. The van der Waals surface area contributed by atoms with Crippen molar-refractivity contribution in [3.05, 3.63) is 0 Å². The number of hydrogen-bond acceptors (Lipinski definition) is 8. The molecule has 7 bridgehead atoms. The highest BCUT2D eigenvalue weighted by Gasteiger charge is 2.91. The van der Waals surface area contributed by atoms with Crippen molar-refractivity contribution in [1.82, 2.24) is 4.90 Å². The first-order valence-electron chi connectivity index (χ1n) is 13.1. The van der Waals surface area contributed by atoms with Gasteiger partial charge in [-0.3, -0.25) is 4.90 Å². The highest BCUT2D eigenvalue weighted by molar-refractivity contribution is 5.41. The summed E-state index contributed by atoms with van der Waals surface area (Å²) in [6.45, 7) is 4.41. The minimum Gasteiger partial charge on any atom is -0.386 e. The van der Waals surface area contributed by atoms with Gasteiger partial charge in [0.15, 0.2) is 0 Å². The molecule has 194 valence electrons. The molecule has 0 radical (unpaired) electrons. The molecule has 0 amide bonds. The molecule has 1 aliphatic heterocycles. The summed E-state index contributed by atoms with van der Waals surface area (Å²) in [5, 5.41) is 25.9. The molecule has 8 nitrogen and oxygen atoms in total. The Labute approximate surface area is 203 Å². The Morgan fingerprint density at radius 3 is 2.35 bits per heavy atom. The molecule has 0 aromatic heterocycles. The average molecular weight is 482 g/mol. The SMILES string of the molecule is CCN1C[C@]2(COC)CC[C@H](OC)[C@]34C5CC6[C@H](OC)C5[C@](O)(C[C@@H]6OC)[C@@](O)(C13)[C@@H](OC)[C@H]24. The van der Waals surface area contributed by atoms with Crippen LogP contribution >= 0.6 is 0 Å². The Bertz CT molecular complexity index is 829. The third-order valence-corrected chi connectivity index (χ3v) is 11.7. The van der Waals surface area contributed by atoms with E-state index < -0.39 is 17.3 Å². The zero-order valence-corrected chi connectivity index (χ0v) is 21.5. The maximum atomic E-state index is 13.1. The van der Waals surface area contributed by atoms with Gasteiger partial charge in [-0.1, -0.05) is 6.92 Å². The predicted molar refractivity (Wildman–Crippen MR) is 123 cm³/mol. The van der Waals surface area contributed by atoms with Crippen molar-refractivity contribution in [2.45, 2.75) is 74.3 Å². The Kier molecular flexibility index (Phi) is 5.38. The Balaban J connectivity index is 1.67. The lowest BCUT2D eigenvalue weighted by Crippen LogP contribution is -2.82. The number of hydrogen-bond donors (Lipinski definition) is 2. The monoisotopic (exact) mass is 481 g/mol.